The highest BCUT2D eigenvalue weighted by Gasteiger charge is 2.35. The minimum atomic E-state index is -0.304. The van der Waals surface area contributed by atoms with E-state index in [1.165, 1.54) is 44.9 Å². The van der Waals surface area contributed by atoms with Crippen molar-refractivity contribution >= 4 is 0 Å². The number of nitrogens with zero attached hydrogens (tertiary/aromatic N) is 1. The smallest absolute Gasteiger partial charge is 0.0833 e. The minimum absolute atomic E-state index is 0.304. The topological polar surface area (TPSA) is 33.1 Å². The molecule has 1 heterocycles. The molecule has 0 saturated heterocycles. The largest absolute Gasteiger partial charge is 0.388 e. The van der Waals surface area contributed by atoms with Crippen molar-refractivity contribution in [2.45, 2.75) is 51.0 Å². The highest BCUT2D eigenvalue weighted by molar-refractivity contribution is 5.13. The van der Waals surface area contributed by atoms with Crippen LogP contribution in [0.2, 0.25) is 0 Å². The predicted molar refractivity (Wildman–Crippen MR) is 72.0 cm³/mol. The van der Waals surface area contributed by atoms with Gasteiger partial charge in [0.1, 0.15) is 0 Å². The third-order valence-electron chi connectivity index (χ3n) is 5.05. The fourth-order valence-electron chi connectivity index (χ4n) is 4.02. The summed E-state index contributed by atoms with van der Waals surface area (Å²) in [5, 5.41) is 10.5. The van der Waals surface area contributed by atoms with Crippen LogP contribution in [0.25, 0.3) is 0 Å². The molecular weight excluding hydrogens is 222 g/mol. The second-order valence-electron chi connectivity index (χ2n) is 6.11. The molecule has 2 saturated carbocycles. The second kappa shape index (κ2) is 5.40. The van der Waals surface area contributed by atoms with E-state index >= 15 is 0 Å². The Morgan fingerprint density at radius 3 is 2.72 bits per heavy atom. The van der Waals surface area contributed by atoms with Crippen molar-refractivity contribution in [2.24, 2.45) is 17.8 Å². The van der Waals surface area contributed by atoms with Crippen molar-refractivity contribution in [3.8, 4) is 0 Å². The van der Waals surface area contributed by atoms with Gasteiger partial charge in [-0.3, -0.25) is 4.98 Å². The summed E-state index contributed by atoms with van der Waals surface area (Å²) in [7, 11) is 0. The molecule has 2 nitrogen and oxygen atoms in total. The fourth-order valence-corrected chi connectivity index (χ4v) is 4.02. The summed E-state index contributed by atoms with van der Waals surface area (Å²) in [4.78, 5) is 4.12. The van der Waals surface area contributed by atoms with Crippen molar-refractivity contribution in [3.63, 3.8) is 0 Å². The Hall–Kier alpha value is -0.890. The van der Waals surface area contributed by atoms with E-state index < -0.39 is 0 Å². The lowest BCUT2D eigenvalue weighted by atomic mass is 9.66. The van der Waals surface area contributed by atoms with Crippen LogP contribution in [0.4, 0.5) is 0 Å². The summed E-state index contributed by atoms with van der Waals surface area (Å²) in [5.41, 5.74) is 0.997. The van der Waals surface area contributed by atoms with E-state index in [1.807, 2.05) is 18.3 Å². The van der Waals surface area contributed by atoms with Crippen LogP contribution in [0.5, 0.6) is 0 Å². The van der Waals surface area contributed by atoms with Gasteiger partial charge in [-0.15, -0.1) is 0 Å². The van der Waals surface area contributed by atoms with Crippen molar-refractivity contribution in [1.82, 2.24) is 4.98 Å². The Morgan fingerprint density at radius 2 is 1.94 bits per heavy atom. The molecule has 0 spiro atoms. The van der Waals surface area contributed by atoms with Gasteiger partial charge in [0.15, 0.2) is 0 Å². The van der Waals surface area contributed by atoms with E-state index in [9.17, 15) is 5.11 Å². The molecule has 4 unspecified atom stereocenters. The molecule has 98 valence electrons. The molecule has 4 atom stereocenters. The van der Waals surface area contributed by atoms with E-state index in [2.05, 4.69) is 4.98 Å². The number of fused-ring (bicyclic) bond motifs is 1. The standard InChI is InChI=1S/C16H23NO/c18-16(15-6-3-9-17-11-15)14-8-7-12-4-1-2-5-13(12)10-14/h3,6,9,11-14,16,18H,1-2,4-5,7-8,10H2. The third kappa shape index (κ3) is 2.44. The van der Waals surface area contributed by atoms with Crippen LogP contribution in [0.1, 0.15) is 56.6 Å². The van der Waals surface area contributed by atoms with Gasteiger partial charge < -0.3 is 5.11 Å². The molecule has 0 aliphatic heterocycles. The number of hydrogen-bond acceptors (Lipinski definition) is 2. The van der Waals surface area contributed by atoms with Crippen LogP contribution in [0, 0.1) is 17.8 Å². The number of rotatable bonds is 2. The van der Waals surface area contributed by atoms with E-state index in [0.717, 1.165) is 17.4 Å². The molecule has 0 aromatic carbocycles. The van der Waals surface area contributed by atoms with Crippen LogP contribution >= 0.6 is 0 Å². The quantitative estimate of drug-likeness (QED) is 0.861. The van der Waals surface area contributed by atoms with Gasteiger partial charge in [-0.1, -0.05) is 31.7 Å². The Kier molecular flexibility index (Phi) is 3.64. The van der Waals surface area contributed by atoms with E-state index in [-0.39, 0.29) is 6.10 Å². The van der Waals surface area contributed by atoms with Crippen molar-refractivity contribution in [1.29, 1.82) is 0 Å². The molecule has 2 aliphatic carbocycles. The number of aliphatic hydroxyl groups excluding tert-OH is 1. The van der Waals surface area contributed by atoms with Crippen molar-refractivity contribution in [2.75, 3.05) is 0 Å². The van der Waals surface area contributed by atoms with E-state index in [1.54, 1.807) is 6.20 Å². The Balaban J connectivity index is 1.67. The first-order valence-electron chi connectivity index (χ1n) is 7.42. The molecule has 0 bridgehead atoms. The van der Waals surface area contributed by atoms with Crippen LogP contribution in [-0.2, 0) is 0 Å². The number of pyridine rings is 1. The molecule has 1 N–H and O–H groups in total. The number of hydrogen-bond donors (Lipinski definition) is 1. The maximum absolute atomic E-state index is 10.5. The first-order valence-corrected chi connectivity index (χ1v) is 7.42. The van der Waals surface area contributed by atoms with Gasteiger partial charge in [0.25, 0.3) is 0 Å². The zero-order valence-corrected chi connectivity index (χ0v) is 11.0. The van der Waals surface area contributed by atoms with Gasteiger partial charge in [-0.05, 0) is 48.6 Å². The van der Waals surface area contributed by atoms with Crippen LogP contribution in [0.15, 0.2) is 24.5 Å². The lowest BCUT2D eigenvalue weighted by molar-refractivity contribution is 0.0347. The summed E-state index contributed by atoms with van der Waals surface area (Å²) >= 11 is 0. The average molecular weight is 245 g/mol. The van der Waals surface area contributed by atoms with Gasteiger partial charge in [-0.2, -0.15) is 0 Å². The second-order valence-corrected chi connectivity index (χ2v) is 6.11. The summed E-state index contributed by atoms with van der Waals surface area (Å²) in [5.74, 6) is 2.29. The van der Waals surface area contributed by atoms with Crippen molar-refractivity contribution in [3.05, 3.63) is 30.1 Å². The number of aromatic nitrogens is 1. The zero-order valence-electron chi connectivity index (χ0n) is 11.0. The summed E-state index contributed by atoms with van der Waals surface area (Å²) in [6.45, 7) is 0. The molecule has 18 heavy (non-hydrogen) atoms. The summed E-state index contributed by atoms with van der Waals surface area (Å²) in [6, 6.07) is 3.93. The van der Waals surface area contributed by atoms with Crippen molar-refractivity contribution < 1.29 is 5.11 Å². The normalized spacial score (nSPS) is 33.7. The van der Waals surface area contributed by atoms with Gasteiger partial charge in [0.2, 0.25) is 0 Å². The molecule has 2 aliphatic rings. The highest BCUT2D eigenvalue weighted by atomic mass is 16.3. The first-order chi connectivity index (χ1) is 8.84. The van der Waals surface area contributed by atoms with E-state index in [4.69, 9.17) is 0 Å². The molecule has 1 aromatic heterocycles. The van der Waals surface area contributed by atoms with Gasteiger partial charge in [-0.25, -0.2) is 0 Å². The molecule has 2 heteroatoms. The van der Waals surface area contributed by atoms with Gasteiger partial charge in [0.05, 0.1) is 6.10 Å². The maximum Gasteiger partial charge on any atom is 0.0833 e. The average Bonchev–Trinajstić information content (AvgIpc) is 2.47. The molecule has 0 amide bonds. The molecule has 0 radical (unpaired) electrons. The Bertz CT molecular complexity index is 378. The van der Waals surface area contributed by atoms with Crippen LogP contribution in [-0.4, -0.2) is 10.1 Å². The Morgan fingerprint density at radius 1 is 1.11 bits per heavy atom. The lowest BCUT2D eigenvalue weighted by Gasteiger charge is -2.40. The maximum atomic E-state index is 10.5. The molecule has 3 rings (SSSR count). The van der Waals surface area contributed by atoms with E-state index in [0.29, 0.717) is 5.92 Å². The minimum Gasteiger partial charge on any atom is -0.388 e. The fraction of sp³-hybridized carbons (Fsp3) is 0.688. The third-order valence-corrected chi connectivity index (χ3v) is 5.05. The number of aliphatic hydroxyl groups is 1. The highest BCUT2D eigenvalue weighted by Crippen LogP contribution is 2.45. The zero-order chi connectivity index (χ0) is 12.4. The van der Waals surface area contributed by atoms with Crippen LogP contribution in [0.3, 0.4) is 0 Å². The summed E-state index contributed by atoms with van der Waals surface area (Å²) < 4.78 is 0. The van der Waals surface area contributed by atoms with Gasteiger partial charge in [0, 0.05) is 12.4 Å². The Labute approximate surface area is 109 Å². The summed E-state index contributed by atoms with van der Waals surface area (Å²) in [6.07, 6.45) is 12.7. The van der Waals surface area contributed by atoms with Gasteiger partial charge >= 0.3 is 0 Å². The monoisotopic (exact) mass is 245 g/mol. The first kappa shape index (κ1) is 12.2. The molecule has 1 aromatic rings. The lowest BCUT2D eigenvalue weighted by Crippen LogP contribution is -2.30. The SMILES string of the molecule is OC(c1cccnc1)C1CCC2CCCCC2C1. The molecule has 2 fully saturated rings. The molecular formula is C16H23NO. The predicted octanol–water partition coefficient (Wildman–Crippen LogP) is 3.72. The van der Waals surface area contributed by atoms with Crippen LogP contribution < -0.4 is 0 Å².